The number of benzene rings is 1. The molecule has 0 unspecified atom stereocenters. The average Bonchev–Trinajstić information content (AvgIpc) is 2.51. The van der Waals surface area contributed by atoms with Crippen LogP contribution in [0.1, 0.15) is 31.7 Å². The highest BCUT2D eigenvalue weighted by Crippen LogP contribution is 2.40. The monoisotopic (exact) mass is 343 g/mol. The number of likely N-dealkylation sites (tertiary alicyclic amines) is 1. The lowest BCUT2D eigenvalue weighted by Crippen LogP contribution is -2.64. The standard InChI is InChI=1S/C17H23ClFNO3/c1-16(22)6-9-23-17(15(16)21)4-7-20(8-5-17)11-12-10-13(19)2-3-14(12)18/h2-3,10,15,21-22H,4-9,11H2,1H3/t15-,16+/m0/s1. The maximum absolute atomic E-state index is 13.4. The van der Waals surface area contributed by atoms with Gasteiger partial charge in [0.15, 0.2) is 0 Å². The molecular weight excluding hydrogens is 321 g/mol. The summed E-state index contributed by atoms with van der Waals surface area (Å²) in [6.45, 7) is 4.11. The van der Waals surface area contributed by atoms with Crippen molar-refractivity contribution in [3.8, 4) is 0 Å². The van der Waals surface area contributed by atoms with E-state index in [2.05, 4.69) is 4.90 Å². The molecule has 0 amide bonds. The molecule has 1 aromatic carbocycles. The molecule has 2 N–H and O–H groups in total. The summed E-state index contributed by atoms with van der Waals surface area (Å²) in [6, 6.07) is 4.39. The molecule has 0 saturated carbocycles. The van der Waals surface area contributed by atoms with Crippen LogP contribution in [0.5, 0.6) is 0 Å². The number of aliphatic hydroxyl groups is 2. The zero-order chi connectivity index (χ0) is 16.7. The van der Waals surface area contributed by atoms with Crippen LogP contribution in [0.3, 0.4) is 0 Å². The van der Waals surface area contributed by atoms with Crippen LogP contribution in [0.2, 0.25) is 5.02 Å². The third kappa shape index (κ3) is 3.39. The van der Waals surface area contributed by atoms with Gasteiger partial charge in [-0.05, 0) is 43.5 Å². The minimum absolute atomic E-state index is 0.292. The molecule has 2 aliphatic heterocycles. The van der Waals surface area contributed by atoms with Gasteiger partial charge in [-0.2, -0.15) is 0 Å². The lowest BCUT2D eigenvalue weighted by molar-refractivity contribution is -0.246. The smallest absolute Gasteiger partial charge is 0.123 e. The first-order chi connectivity index (χ1) is 10.8. The molecule has 1 spiro atoms. The van der Waals surface area contributed by atoms with Crippen LogP contribution in [0, 0.1) is 5.82 Å². The Hall–Kier alpha value is -0.720. The number of hydrogen-bond donors (Lipinski definition) is 2. The molecule has 0 radical (unpaired) electrons. The molecule has 4 nitrogen and oxygen atoms in total. The summed E-state index contributed by atoms with van der Waals surface area (Å²) in [7, 11) is 0. The molecule has 128 valence electrons. The molecule has 2 atom stereocenters. The summed E-state index contributed by atoms with van der Waals surface area (Å²) in [6.07, 6.45) is 0.830. The second-order valence-electron chi connectivity index (χ2n) is 6.93. The van der Waals surface area contributed by atoms with Crippen molar-refractivity contribution in [3.63, 3.8) is 0 Å². The Bertz CT molecular complexity index is 573. The number of hydrogen-bond acceptors (Lipinski definition) is 4. The Morgan fingerprint density at radius 2 is 2.04 bits per heavy atom. The largest absolute Gasteiger partial charge is 0.387 e. The summed E-state index contributed by atoms with van der Waals surface area (Å²) in [5, 5.41) is 21.4. The van der Waals surface area contributed by atoms with E-state index < -0.39 is 17.3 Å². The Balaban J connectivity index is 1.65. The Kier molecular flexibility index (Phi) is 4.69. The van der Waals surface area contributed by atoms with E-state index in [4.69, 9.17) is 16.3 Å². The van der Waals surface area contributed by atoms with Crippen molar-refractivity contribution in [1.82, 2.24) is 4.90 Å². The molecular formula is C17H23ClFNO3. The van der Waals surface area contributed by atoms with E-state index in [1.54, 1.807) is 13.0 Å². The van der Waals surface area contributed by atoms with Crippen LogP contribution in [0.25, 0.3) is 0 Å². The van der Waals surface area contributed by atoms with Gasteiger partial charge in [-0.25, -0.2) is 4.39 Å². The Labute approximate surface area is 140 Å². The number of ether oxygens (including phenoxy) is 1. The summed E-state index contributed by atoms with van der Waals surface area (Å²) < 4.78 is 19.2. The highest BCUT2D eigenvalue weighted by atomic mass is 35.5. The molecule has 2 saturated heterocycles. The van der Waals surface area contributed by atoms with Crippen molar-refractivity contribution >= 4 is 11.6 Å². The first-order valence-corrected chi connectivity index (χ1v) is 8.41. The SMILES string of the molecule is C[C@@]1(O)CCOC2(CCN(Cc3cc(F)ccc3Cl)CC2)[C@H]1O. The van der Waals surface area contributed by atoms with Crippen LogP contribution in [-0.2, 0) is 11.3 Å². The predicted molar refractivity (Wildman–Crippen MR) is 85.9 cm³/mol. The normalized spacial score (nSPS) is 31.4. The minimum Gasteiger partial charge on any atom is -0.387 e. The zero-order valence-electron chi connectivity index (χ0n) is 13.3. The first kappa shape index (κ1) is 17.1. The molecule has 2 aliphatic rings. The van der Waals surface area contributed by atoms with Gasteiger partial charge in [0.05, 0.1) is 17.8 Å². The summed E-state index contributed by atoms with van der Waals surface area (Å²) in [5.74, 6) is -0.292. The average molecular weight is 344 g/mol. The quantitative estimate of drug-likeness (QED) is 0.865. The first-order valence-electron chi connectivity index (χ1n) is 8.03. The van der Waals surface area contributed by atoms with Crippen LogP contribution in [0.15, 0.2) is 18.2 Å². The third-order valence-corrected chi connectivity index (χ3v) is 5.56. The summed E-state index contributed by atoms with van der Waals surface area (Å²) >= 11 is 6.13. The van der Waals surface area contributed by atoms with Crippen LogP contribution in [-0.4, -0.2) is 52.1 Å². The lowest BCUT2D eigenvalue weighted by atomic mass is 9.75. The van der Waals surface area contributed by atoms with Gasteiger partial charge < -0.3 is 14.9 Å². The van der Waals surface area contributed by atoms with Gasteiger partial charge in [-0.1, -0.05) is 11.6 Å². The van der Waals surface area contributed by atoms with E-state index in [1.807, 2.05) is 0 Å². The number of nitrogens with zero attached hydrogens (tertiary/aromatic N) is 1. The van der Waals surface area contributed by atoms with Crippen molar-refractivity contribution < 1.29 is 19.3 Å². The lowest BCUT2D eigenvalue weighted by Gasteiger charge is -2.51. The summed E-state index contributed by atoms with van der Waals surface area (Å²) in [5.41, 5.74) is -1.02. The van der Waals surface area contributed by atoms with Crippen molar-refractivity contribution in [1.29, 1.82) is 0 Å². The third-order valence-electron chi connectivity index (χ3n) is 5.19. The second-order valence-corrected chi connectivity index (χ2v) is 7.34. The van der Waals surface area contributed by atoms with Gasteiger partial charge in [0, 0.05) is 31.1 Å². The van der Waals surface area contributed by atoms with Crippen molar-refractivity contribution in [2.24, 2.45) is 0 Å². The highest BCUT2D eigenvalue weighted by Gasteiger charge is 2.52. The molecule has 6 heteroatoms. The van der Waals surface area contributed by atoms with Crippen molar-refractivity contribution in [3.05, 3.63) is 34.6 Å². The summed E-state index contributed by atoms with van der Waals surface area (Å²) in [4.78, 5) is 2.17. The van der Waals surface area contributed by atoms with Gasteiger partial charge >= 0.3 is 0 Å². The topological polar surface area (TPSA) is 52.9 Å². The number of piperidine rings is 1. The van der Waals surface area contributed by atoms with Crippen LogP contribution >= 0.6 is 11.6 Å². The molecule has 0 aliphatic carbocycles. The van der Waals surface area contributed by atoms with Gasteiger partial charge in [-0.15, -0.1) is 0 Å². The molecule has 0 bridgehead atoms. The number of halogens is 2. The number of rotatable bonds is 2. The van der Waals surface area contributed by atoms with E-state index in [9.17, 15) is 14.6 Å². The highest BCUT2D eigenvalue weighted by molar-refractivity contribution is 6.31. The Morgan fingerprint density at radius 1 is 1.35 bits per heavy atom. The van der Waals surface area contributed by atoms with Gasteiger partial charge in [-0.3, -0.25) is 4.90 Å². The van der Waals surface area contributed by atoms with E-state index in [0.717, 1.165) is 5.56 Å². The van der Waals surface area contributed by atoms with E-state index in [1.165, 1.54) is 12.1 Å². The van der Waals surface area contributed by atoms with Crippen molar-refractivity contribution in [2.75, 3.05) is 19.7 Å². The fourth-order valence-electron chi connectivity index (χ4n) is 3.66. The second kappa shape index (κ2) is 6.30. The van der Waals surface area contributed by atoms with Crippen molar-refractivity contribution in [2.45, 2.75) is 50.0 Å². The molecule has 2 fully saturated rings. The van der Waals surface area contributed by atoms with Gasteiger partial charge in [0.1, 0.15) is 11.9 Å². The fraction of sp³-hybridized carbons (Fsp3) is 0.647. The van der Waals surface area contributed by atoms with Gasteiger partial charge in [0.25, 0.3) is 0 Å². The van der Waals surface area contributed by atoms with E-state index >= 15 is 0 Å². The van der Waals surface area contributed by atoms with E-state index in [0.29, 0.717) is 50.5 Å². The number of aliphatic hydroxyl groups excluding tert-OH is 1. The fourth-order valence-corrected chi connectivity index (χ4v) is 3.83. The van der Waals surface area contributed by atoms with Gasteiger partial charge in [0.2, 0.25) is 0 Å². The van der Waals surface area contributed by atoms with Crippen LogP contribution in [0.4, 0.5) is 4.39 Å². The molecule has 3 rings (SSSR count). The molecule has 2 heterocycles. The maximum atomic E-state index is 13.4. The molecule has 1 aromatic rings. The maximum Gasteiger partial charge on any atom is 0.123 e. The minimum atomic E-state index is -1.10. The predicted octanol–water partition coefficient (Wildman–Crippen LogP) is 2.35. The zero-order valence-corrected chi connectivity index (χ0v) is 14.0. The molecule has 23 heavy (non-hydrogen) atoms. The van der Waals surface area contributed by atoms with E-state index in [-0.39, 0.29) is 5.82 Å². The Morgan fingerprint density at radius 3 is 2.74 bits per heavy atom. The van der Waals surface area contributed by atoms with Crippen LogP contribution < -0.4 is 0 Å². The molecule has 0 aromatic heterocycles.